The van der Waals surface area contributed by atoms with Crippen molar-refractivity contribution in [1.29, 1.82) is 0 Å². The van der Waals surface area contributed by atoms with Crippen LogP contribution in [0.25, 0.3) is 0 Å². The van der Waals surface area contributed by atoms with Gasteiger partial charge in [0.2, 0.25) is 0 Å². The Morgan fingerprint density at radius 2 is 2.12 bits per heavy atom. The van der Waals surface area contributed by atoms with E-state index in [9.17, 15) is 5.11 Å². The predicted octanol–water partition coefficient (Wildman–Crippen LogP) is 3.70. The highest BCUT2D eigenvalue weighted by Gasteiger charge is 2.48. The molecule has 1 saturated carbocycles. The lowest BCUT2D eigenvalue weighted by Crippen LogP contribution is -2.46. The van der Waals surface area contributed by atoms with E-state index in [2.05, 4.69) is 33.4 Å². The Hall–Kier alpha value is -0.560. The van der Waals surface area contributed by atoms with Gasteiger partial charge in [-0.1, -0.05) is 32.1 Å². The second kappa shape index (κ2) is 4.03. The van der Waals surface area contributed by atoms with E-state index in [1.54, 1.807) is 0 Å². The molecule has 0 aliphatic heterocycles. The van der Waals surface area contributed by atoms with Gasteiger partial charge in [-0.05, 0) is 55.4 Å². The van der Waals surface area contributed by atoms with Crippen molar-refractivity contribution in [1.82, 2.24) is 0 Å². The minimum Gasteiger partial charge on any atom is -0.389 e. The fourth-order valence-corrected chi connectivity index (χ4v) is 3.39. The lowest BCUT2D eigenvalue weighted by molar-refractivity contribution is -0.0197. The van der Waals surface area contributed by atoms with Crippen molar-refractivity contribution in [2.45, 2.75) is 52.6 Å². The van der Waals surface area contributed by atoms with Crippen molar-refractivity contribution in [3.8, 4) is 0 Å². The molecule has 0 radical (unpaired) electrons. The highest BCUT2D eigenvalue weighted by atomic mass is 16.3. The topological polar surface area (TPSA) is 20.2 Å². The van der Waals surface area contributed by atoms with Gasteiger partial charge in [-0.2, -0.15) is 0 Å². The number of allylic oxidation sites excluding steroid dienone is 2. The third-order valence-electron chi connectivity index (χ3n) is 4.69. The predicted molar refractivity (Wildman–Crippen MR) is 68.1 cm³/mol. The van der Waals surface area contributed by atoms with Crippen LogP contribution in [0, 0.1) is 17.3 Å². The maximum atomic E-state index is 10.2. The van der Waals surface area contributed by atoms with Gasteiger partial charge in [-0.3, -0.25) is 0 Å². The Kier molecular flexibility index (Phi) is 3.00. The average Bonchev–Trinajstić information content (AvgIpc) is 2.24. The molecule has 0 aromatic rings. The Labute approximate surface area is 99.3 Å². The SMILES string of the molecule is C=C1CC/C=C(\C)[C@H](O)C[C@@H]2[C@@H]1CC2(C)C. The van der Waals surface area contributed by atoms with E-state index in [1.165, 1.54) is 12.0 Å². The highest BCUT2D eigenvalue weighted by Crippen LogP contribution is 2.56. The molecule has 0 aromatic carbocycles. The van der Waals surface area contributed by atoms with E-state index >= 15 is 0 Å². The van der Waals surface area contributed by atoms with Crippen molar-refractivity contribution in [2.75, 3.05) is 0 Å². The molecule has 0 bridgehead atoms. The minimum atomic E-state index is -0.238. The number of hydrogen-bond acceptors (Lipinski definition) is 1. The summed E-state index contributed by atoms with van der Waals surface area (Å²) in [6, 6.07) is 0. The number of aliphatic hydroxyl groups is 1. The molecular formula is C15H24O. The van der Waals surface area contributed by atoms with Crippen molar-refractivity contribution in [2.24, 2.45) is 17.3 Å². The third-order valence-corrected chi connectivity index (χ3v) is 4.69. The van der Waals surface area contributed by atoms with Crippen LogP contribution in [0.2, 0.25) is 0 Å². The normalized spacial score (nSPS) is 41.9. The van der Waals surface area contributed by atoms with Gasteiger partial charge in [0.05, 0.1) is 6.10 Å². The monoisotopic (exact) mass is 220 g/mol. The molecular weight excluding hydrogens is 196 g/mol. The first-order valence-electron chi connectivity index (χ1n) is 6.44. The largest absolute Gasteiger partial charge is 0.389 e. The zero-order chi connectivity index (χ0) is 11.9. The third kappa shape index (κ3) is 1.98. The molecule has 1 nitrogen and oxygen atoms in total. The minimum absolute atomic E-state index is 0.238. The molecule has 1 N–H and O–H groups in total. The Morgan fingerprint density at radius 3 is 2.75 bits per heavy atom. The van der Waals surface area contributed by atoms with Gasteiger partial charge in [-0.15, -0.1) is 0 Å². The molecule has 2 rings (SSSR count). The summed E-state index contributed by atoms with van der Waals surface area (Å²) in [5.74, 6) is 1.28. The summed E-state index contributed by atoms with van der Waals surface area (Å²) in [6.45, 7) is 10.9. The van der Waals surface area contributed by atoms with Crippen LogP contribution in [-0.4, -0.2) is 11.2 Å². The molecule has 16 heavy (non-hydrogen) atoms. The van der Waals surface area contributed by atoms with Gasteiger partial charge < -0.3 is 5.11 Å². The standard InChI is InChI=1S/C15H24O/c1-10-6-5-7-11(2)14(16)8-13-12(10)9-15(13,3)4/h7,12-14,16H,1,5-6,8-9H2,2-4H3/b11-7+/t12-,13-,14-/m1/s1. The fourth-order valence-electron chi connectivity index (χ4n) is 3.39. The summed E-state index contributed by atoms with van der Waals surface area (Å²) in [6.07, 6.45) is 6.26. The quantitative estimate of drug-likeness (QED) is 0.617. The van der Waals surface area contributed by atoms with E-state index in [0.29, 0.717) is 17.3 Å². The summed E-state index contributed by atoms with van der Waals surface area (Å²) >= 11 is 0. The Bertz CT molecular complexity index is 324. The number of fused-ring (bicyclic) bond motifs is 1. The summed E-state index contributed by atoms with van der Waals surface area (Å²) in [7, 11) is 0. The zero-order valence-corrected chi connectivity index (χ0v) is 10.8. The average molecular weight is 220 g/mol. The Balaban J connectivity index is 2.19. The van der Waals surface area contributed by atoms with Crippen LogP contribution in [0.15, 0.2) is 23.8 Å². The summed E-state index contributed by atoms with van der Waals surface area (Å²) in [5.41, 5.74) is 2.94. The maximum absolute atomic E-state index is 10.2. The van der Waals surface area contributed by atoms with Crippen molar-refractivity contribution < 1.29 is 5.11 Å². The second-order valence-electron chi connectivity index (χ2n) is 6.30. The molecule has 0 unspecified atom stereocenters. The van der Waals surface area contributed by atoms with E-state index in [4.69, 9.17) is 0 Å². The number of aliphatic hydroxyl groups excluding tert-OH is 1. The summed E-state index contributed by atoms with van der Waals surface area (Å²) in [4.78, 5) is 0. The van der Waals surface area contributed by atoms with Crippen LogP contribution in [0.5, 0.6) is 0 Å². The van der Waals surface area contributed by atoms with Gasteiger partial charge in [0, 0.05) is 0 Å². The lowest BCUT2D eigenvalue weighted by atomic mass is 9.52. The second-order valence-corrected chi connectivity index (χ2v) is 6.30. The number of hydrogen-bond donors (Lipinski definition) is 1. The van der Waals surface area contributed by atoms with Gasteiger partial charge in [0.15, 0.2) is 0 Å². The van der Waals surface area contributed by atoms with Crippen LogP contribution in [0.1, 0.15) is 46.5 Å². The molecule has 2 aliphatic rings. The van der Waals surface area contributed by atoms with E-state index in [1.807, 2.05) is 0 Å². The summed E-state index contributed by atoms with van der Waals surface area (Å²) in [5, 5.41) is 10.2. The molecule has 2 aliphatic carbocycles. The molecule has 1 fully saturated rings. The van der Waals surface area contributed by atoms with Crippen LogP contribution in [-0.2, 0) is 0 Å². The van der Waals surface area contributed by atoms with Gasteiger partial charge in [-0.25, -0.2) is 0 Å². The van der Waals surface area contributed by atoms with E-state index < -0.39 is 0 Å². The smallest absolute Gasteiger partial charge is 0.0750 e. The van der Waals surface area contributed by atoms with Gasteiger partial charge >= 0.3 is 0 Å². The zero-order valence-electron chi connectivity index (χ0n) is 10.8. The molecule has 90 valence electrons. The van der Waals surface area contributed by atoms with Gasteiger partial charge in [0.1, 0.15) is 0 Å². The van der Waals surface area contributed by atoms with E-state index in [0.717, 1.165) is 24.8 Å². The summed E-state index contributed by atoms with van der Waals surface area (Å²) < 4.78 is 0. The van der Waals surface area contributed by atoms with Crippen molar-refractivity contribution in [3.63, 3.8) is 0 Å². The molecule has 0 spiro atoms. The van der Waals surface area contributed by atoms with Crippen LogP contribution < -0.4 is 0 Å². The van der Waals surface area contributed by atoms with E-state index in [-0.39, 0.29) is 6.10 Å². The molecule has 1 heteroatoms. The van der Waals surface area contributed by atoms with Crippen molar-refractivity contribution >= 4 is 0 Å². The van der Waals surface area contributed by atoms with Crippen LogP contribution in [0.3, 0.4) is 0 Å². The fraction of sp³-hybridized carbons (Fsp3) is 0.733. The molecule has 0 amide bonds. The lowest BCUT2D eigenvalue weighted by Gasteiger charge is -2.53. The number of rotatable bonds is 0. The maximum Gasteiger partial charge on any atom is 0.0750 e. The molecule has 0 saturated heterocycles. The highest BCUT2D eigenvalue weighted by molar-refractivity contribution is 5.18. The first kappa shape index (κ1) is 11.9. The molecule has 3 atom stereocenters. The van der Waals surface area contributed by atoms with Gasteiger partial charge in [0.25, 0.3) is 0 Å². The first-order chi connectivity index (χ1) is 7.42. The first-order valence-corrected chi connectivity index (χ1v) is 6.44. The molecule has 0 heterocycles. The van der Waals surface area contributed by atoms with Crippen LogP contribution in [0.4, 0.5) is 0 Å². The Morgan fingerprint density at radius 1 is 1.44 bits per heavy atom. The van der Waals surface area contributed by atoms with Crippen molar-refractivity contribution in [3.05, 3.63) is 23.8 Å². The van der Waals surface area contributed by atoms with Crippen LogP contribution >= 0.6 is 0 Å². The molecule has 0 aromatic heterocycles.